The lowest BCUT2D eigenvalue weighted by Gasteiger charge is -2.48. The van der Waals surface area contributed by atoms with Crippen LogP contribution in [-0.4, -0.2) is 25.2 Å². The molecule has 20 heavy (non-hydrogen) atoms. The number of amides is 1. The number of hydrogen-bond acceptors (Lipinski definition) is 3. The van der Waals surface area contributed by atoms with Crippen LogP contribution in [0, 0.1) is 5.41 Å². The van der Waals surface area contributed by atoms with E-state index in [1.165, 1.54) is 43.4 Å². The van der Waals surface area contributed by atoms with E-state index in [1.54, 1.807) is 0 Å². The second kappa shape index (κ2) is 6.16. The van der Waals surface area contributed by atoms with Crippen molar-refractivity contribution in [2.24, 2.45) is 5.41 Å². The molecule has 2 fully saturated rings. The summed E-state index contributed by atoms with van der Waals surface area (Å²) in [6.45, 7) is 1.64. The van der Waals surface area contributed by atoms with Crippen molar-refractivity contribution < 1.29 is 9.53 Å². The molecule has 1 saturated heterocycles. The van der Waals surface area contributed by atoms with Gasteiger partial charge in [0.15, 0.2) is 0 Å². The third kappa shape index (κ3) is 2.95. The van der Waals surface area contributed by atoms with Gasteiger partial charge < -0.3 is 10.1 Å². The molecule has 110 valence electrons. The molecule has 2 heterocycles. The molecule has 3 rings (SSSR count). The first kappa shape index (κ1) is 14.5. The van der Waals surface area contributed by atoms with Gasteiger partial charge in [0.05, 0.1) is 11.0 Å². The van der Waals surface area contributed by atoms with E-state index >= 15 is 0 Å². The molecule has 0 aromatic carbocycles. The Bertz CT molecular complexity index is 478. The lowest BCUT2D eigenvalue weighted by atomic mass is 9.63. The van der Waals surface area contributed by atoms with Crippen LogP contribution in [0.3, 0.4) is 0 Å². The van der Waals surface area contributed by atoms with Gasteiger partial charge in [-0.15, -0.1) is 11.3 Å². The van der Waals surface area contributed by atoms with Crippen molar-refractivity contribution in [3.05, 3.63) is 20.8 Å². The molecule has 1 aromatic rings. The minimum absolute atomic E-state index is 0.0442. The van der Waals surface area contributed by atoms with Crippen LogP contribution in [-0.2, 0) is 4.74 Å². The van der Waals surface area contributed by atoms with Gasteiger partial charge in [-0.1, -0.05) is 6.42 Å². The minimum atomic E-state index is 0.0442. The van der Waals surface area contributed by atoms with Crippen LogP contribution >= 0.6 is 27.3 Å². The van der Waals surface area contributed by atoms with Crippen LogP contribution < -0.4 is 5.32 Å². The minimum Gasteiger partial charge on any atom is -0.378 e. The summed E-state index contributed by atoms with van der Waals surface area (Å²) in [5, 5.41) is 5.07. The predicted octanol–water partition coefficient (Wildman–Crippen LogP) is 3.98. The highest BCUT2D eigenvalue weighted by Crippen LogP contribution is 2.47. The summed E-state index contributed by atoms with van der Waals surface area (Å²) < 4.78 is 6.94. The van der Waals surface area contributed by atoms with E-state index in [0.717, 1.165) is 28.9 Å². The zero-order valence-electron chi connectivity index (χ0n) is 11.5. The Kier molecular flexibility index (Phi) is 4.48. The Balaban J connectivity index is 1.59. The highest BCUT2D eigenvalue weighted by molar-refractivity contribution is 9.10. The standard InChI is InChI=1S/C15H20BrNO2S/c16-11-8-12(20-9-11)14(18)17-10-15(5-3-6-15)13-4-1-2-7-19-13/h8-9,13H,1-7,10H2,(H,17,18). The summed E-state index contributed by atoms with van der Waals surface area (Å²) in [5.74, 6) is 0.0442. The number of nitrogens with one attached hydrogen (secondary N) is 1. The van der Waals surface area contributed by atoms with E-state index in [-0.39, 0.29) is 11.3 Å². The van der Waals surface area contributed by atoms with E-state index in [4.69, 9.17) is 4.74 Å². The largest absolute Gasteiger partial charge is 0.378 e. The second-order valence-corrected chi connectivity index (χ2v) is 7.71. The maximum atomic E-state index is 12.2. The summed E-state index contributed by atoms with van der Waals surface area (Å²) in [7, 11) is 0. The molecule has 0 bridgehead atoms. The van der Waals surface area contributed by atoms with Gasteiger partial charge in [0.1, 0.15) is 0 Å². The molecule has 1 aliphatic heterocycles. The van der Waals surface area contributed by atoms with Crippen molar-refractivity contribution in [2.75, 3.05) is 13.2 Å². The zero-order valence-corrected chi connectivity index (χ0v) is 13.9. The smallest absolute Gasteiger partial charge is 0.261 e. The number of thiophene rings is 1. The quantitative estimate of drug-likeness (QED) is 0.884. The van der Waals surface area contributed by atoms with Gasteiger partial charge in [-0.05, 0) is 54.1 Å². The monoisotopic (exact) mass is 357 g/mol. The first-order valence-corrected chi connectivity index (χ1v) is 9.01. The Morgan fingerprint density at radius 2 is 2.30 bits per heavy atom. The van der Waals surface area contributed by atoms with E-state index in [0.29, 0.717) is 6.10 Å². The zero-order chi connectivity index (χ0) is 14.0. The molecule has 0 spiro atoms. The molecule has 1 unspecified atom stereocenters. The Morgan fingerprint density at radius 1 is 1.45 bits per heavy atom. The fourth-order valence-electron chi connectivity index (χ4n) is 3.24. The SMILES string of the molecule is O=C(NCC1(C2CCCCO2)CCC1)c1cc(Br)cs1. The molecule has 5 heteroatoms. The molecular formula is C15H20BrNO2S. The predicted molar refractivity (Wildman–Crippen MR) is 84.2 cm³/mol. The van der Waals surface area contributed by atoms with Gasteiger partial charge in [0.2, 0.25) is 0 Å². The third-order valence-electron chi connectivity index (χ3n) is 4.60. The van der Waals surface area contributed by atoms with Crippen molar-refractivity contribution in [1.82, 2.24) is 5.32 Å². The van der Waals surface area contributed by atoms with Crippen molar-refractivity contribution in [3.8, 4) is 0 Å². The molecule has 3 nitrogen and oxygen atoms in total. The fraction of sp³-hybridized carbons (Fsp3) is 0.667. The summed E-state index contributed by atoms with van der Waals surface area (Å²) in [6, 6.07) is 1.88. The number of hydrogen-bond donors (Lipinski definition) is 1. The van der Waals surface area contributed by atoms with Crippen LogP contribution in [0.5, 0.6) is 0 Å². The average molecular weight is 358 g/mol. The van der Waals surface area contributed by atoms with E-state index < -0.39 is 0 Å². The van der Waals surface area contributed by atoms with Gasteiger partial charge in [-0.25, -0.2) is 0 Å². The van der Waals surface area contributed by atoms with Gasteiger partial charge in [-0.3, -0.25) is 4.79 Å². The number of halogens is 1. The molecule has 1 atom stereocenters. The summed E-state index contributed by atoms with van der Waals surface area (Å²) >= 11 is 4.87. The third-order valence-corrected chi connectivity index (χ3v) is 6.29. The number of rotatable bonds is 4. The Morgan fingerprint density at radius 3 is 2.85 bits per heavy atom. The summed E-state index contributed by atoms with van der Waals surface area (Å²) in [5.41, 5.74) is 0.199. The first-order chi connectivity index (χ1) is 9.70. The Labute approximate surface area is 132 Å². The van der Waals surface area contributed by atoms with Crippen LogP contribution in [0.2, 0.25) is 0 Å². The molecule has 1 N–H and O–H groups in total. The van der Waals surface area contributed by atoms with Crippen LogP contribution in [0.4, 0.5) is 0 Å². The molecular weight excluding hydrogens is 338 g/mol. The highest BCUT2D eigenvalue weighted by atomic mass is 79.9. The Hall–Kier alpha value is -0.390. The van der Waals surface area contributed by atoms with Crippen molar-refractivity contribution in [3.63, 3.8) is 0 Å². The fourth-order valence-corrected chi connectivity index (χ4v) is 4.59. The molecule has 1 aromatic heterocycles. The van der Waals surface area contributed by atoms with Crippen LogP contribution in [0.1, 0.15) is 48.2 Å². The highest BCUT2D eigenvalue weighted by Gasteiger charge is 2.45. The van der Waals surface area contributed by atoms with E-state index in [1.807, 2.05) is 11.4 Å². The topological polar surface area (TPSA) is 38.3 Å². The summed E-state index contributed by atoms with van der Waals surface area (Å²) in [4.78, 5) is 12.9. The molecule has 1 saturated carbocycles. The van der Waals surface area contributed by atoms with E-state index in [9.17, 15) is 4.79 Å². The van der Waals surface area contributed by atoms with Gasteiger partial charge in [-0.2, -0.15) is 0 Å². The molecule has 1 amide bonds. The number of ether oxygens (including phenoxy) is 1. The van der Waals surface area contributed by atoms with Crippen LogP contribution in [0.15, 0.2) is 15.9 Å². The number of carbonyl (C=O) groups excluding carboxylic acids is 1. The maximum Gasteiger partial charge on any atom is 0.261 e. The van der Waals surface area contributed by atoms with E-state index in [2.05, 4.69) is 21.2 Å². The van der Waals surface area contributed by atoms with Gasteiger partial charge >= 0.3 is 0 Å². The number of carbonyl (C=O) groups is 1. The van der Waals surface area contributed by atoms with Gasteiger partial charge in [0, 0.05) is 28.4 Å². The van der Waals surface area contributed by atoms with Crippen molar-refractivity contribution in [2.45, 2.75) is 44.6 Å². The van der Waals surface area contributed by atoms with Crippen molar-refractivity contribution in [1.29, 1.82) is 0 Å². The maximum absolute atomic E-state index is 12.2. The molecule has 2 aliphatic rings. The summed E-state index contributed by atoms with van der Waals surface area (Å²) in [6.07, 6.45) is 7.58. The first-order valence-electron chi connectivity index (χ1n) is 7.33. The molecule has 1 aliphatic carbocycles. The normalized spacial score (nSPS) is 24.9. The van der Waals surface area contributed by atoms with Crippen molar-refractivity contribution >= 4 is 33.2 Å². The van der Waals surface area contributed by atoms with Crippen LogP contribution in [0.25, 0.3) is 0 Å². The average Bonchev–Trinajstić information content (AvgIpc) is 2.85. The van der Waals surface area contributed by atoms with Gasteiger partial charge in [0.25, 0.3) is 5.91 Å². The lowest BCUT2D eigenvalue weighted by molar-refractivity contribution is -0.101. The second-order valence-electron chi connectivity index (χ2n) is 5.88. The lowest BCUT2D eigenvalue weighted by Crippen LogP contribution is -2.51. The molecule has 0 radical (unpaired) electrons.